The Hall–Kier alpha value is -0.820. The highest BCUT2D eigenvalue weighted by Gasteiger charge is 2.32. The van der Waals surface area contributed by atoms with Crippen LogP contribution in [0.3, 0.4) is 0 Å². The summed E-state index contributed by atoms with van der Waals surface area (Å²) in [5.74, 6) is 0.134. The van der Waals surface area contributed by atoms with Gasteiger partial charge in [-0.1, -0.05) is 29.3 Å². The van der Waals surface area contributed by atoms with Gasteiger partial charge in [0.05, 0.1) is 28.1 Å². The first-order valence-electron chi connectivity index (χ1n) is 7.26. The van der Waals surface area contributed by atoms with Gasteiger partial charge in [0, 0.05) is 19.6 Å². The van der Waals surface area contributed by atoms with Gasteiger partial charge in [0.2, 0.25) is 5.91 Å². The van der Waals surface area contributed by atoms with Crippen molar-refractivity contribution in [2.75, 3.05) is 32.1 Å². The van der Waals surface area contributed by atoms with E-state index in [1.165, 1.54) is 0 Å². The molecule has 0 aliphatic carbocycles. The van der Waals surface area contributed by atoms with Crippen molar-refractivity contribution in [1.82, 2.24) is 9.80 Å². The number of carbonyl (C=O) groups excluding carboxylic acids is 1. The zero-order valence-corrected chi connectivity index (χ0v) is 15.5. The zero-order valence-electron chi connectivity index (χ0n) is 13.1. The molecular formula is C15H20Cl2N2O3S. The Kier molecular flexibility index (Phi) is 5.94. The molecule has 1 saturated heterocycles. The second kappa shape index (κ2) is 7.38. The molecule has 2 rings (SSSR count). The van der Waals surface area contributed by atoms with Crippen LogP contribution in [0.5, 0.6) is 0 Å². The number of likely N-dealkylation sites (N-methyl/N-ethyl adjacent to an activating group) is 2. The molecule has 0 spiro atoms. The largest absolute Gasteiger partial charge is 0.341 e. The summed E-state index contributed by atoms with van der Waals surface area (Å²) < 4.78 is 23.0. The quantitative estimate of drug-likeness (QED) is 0.786. The van der Waals surface area contributed by atoms with Gasteiger partial charge in [-0.25, -0.2) is 8.42 Å². The predicted molar refractivity (Wildman–Crippen MR) is 92.6 cm³/mol. The van der Waals surface area contributed by atoms with Gasteiger partial charge in [-0.15, -0.1) is 0 Å². The number of amides is 1. The molecule has 0 unspecified atom stereocenters. The van der Waals surface area contributed by atoms with Crippen LogP contribution in [-0.4, -0.2) is 62.3 Å². The van der Waals surface area contributed by atoms with Crippen LogP contribution >= 0.6 is 23.2 Å². The van der Waals surface area contributed by atoms with Gasteiger partial charge in [0.25, 0.3) is 0 Å². The molecule has 23 heavy (non-hydrogen) atoms. The number of benzene rings is 1. The summed E-state index contributed by atoms with van der Waals surface area (Å²) in [4.78, 5) is 15.7. The lowest BCUT2D eigenvalue weighted by Gasteiger charge is -2.26. The zero-order chi connectivity index (χ0) is 17.2. The minimum Gasteiger partial charge on any atom is -0.341 e. The molecule has 1 aliphatic rings. The molecule has 0 radical (unpaired) electrons. The maximum absolute atomic E-state index is 12.3. The highest BCUT2D eigenvalue weighted by Crippen LogP contribution is 2.23. The number of rotatable bonds is 5. The smallest absolute Gasteiger partial charge is 0.236 e. The summed E-state index contributed by atoms with van der Waals surface area (Å²) in [6.07, 6.45) is 0.515. The van der Waals surface area contributed by atoms with Crippen LogP contribution in [0.4, 0.5) is 0 Å². The molecule has 1 fully saturated rings. The van der Waals surface area contributed by atoms with Gasteiger partial charge in [-0.3, -0.25) is 9.69 Å². The molecule has 1 aliphatic heterocycles. The van der Waals surface area contributed by atoms with Crippen LogP contribution in [-0.2, 0) is 21.2 Å². The van der Waals surface area contributed by atoms with E-state index in [2.05, 4.69) is 0 Å². The molecule has 8 heteroatoms. The van der Waals surface area contributed by atoms with Gasteiger partial charge in [0.15, 0.2) is 9.84 Å². The standard InChI is InChI=1S/C15H20Cl2N2O3S/c1-18(8-11-3-4-13(16)14(17)7-11)9-15(20)19(2)12-5-6-23(21,22)10-12/h3-4,7,12H,5-6,8-10H2,1-2H3/t12-/m1/s1. The summed E-state index contributed by atoms with van der Waals surface area (Å²) in [6, 6.07) is 5.15. The van der Waals surface area contributed by atoms with E-state index >= 15 is 0 Å². The van der Waals surface area contributed by atoms with Gasteiger partial charge < -0.3 is 4.90 Å². The van der Waals surface area contributed by atoms with E-state index in [9.17, 15) is 13.2 Å². The number of hydrogen-bond donors (Lipinski definition) is 0. The van der Waals surface area contributed by atoms with Gasteiger partial charge in [-0.05, 0) is 31.2 Å². The lowest BCUT2D eigenvalue weighted by molar-refractivity contribution is -0.132. The van der Waals surface area contributed by atoms with E-state index in [-0.39, 0.29) is 30.0 Å². The fourth-order valence-electron chi connectivity index (χ4n) is 2.63. The van der Waals surface area contributed by atoms with Crippen LogP contribution in [0.15, 0.2) is 18.2 Å². The van der Waals surface area contributed by atoms with Crippen molar-refractivity contribution >= 4 is 38.9 Å². The lowest BCUT2D eigenvalue weighted by Crippen LogP contribution is -2.42. The van der Waals surface area contributed by atoms with E-state index in [1.807, 2.05) is 18.0 Å². The Bertz CT molecular complexity index is 694. The molecule has 0 aromatic heterocycles. The number of hydrogen-bond acceptors (Lipinski definition) is 4. The van der Waals surface area contributed by atoms with E-state index in [0.29, 0.717) is 23.0 Å². The van der Waals surface area contributed by atoms with Crippen LogP contribution in [0.2, 0.25) is 10.0 Å². The van der Waals surface area contributed by atoms with Crippen LogP contribution < -0.4 is 0 Å². The Morgan fingerprint density at radius 1 is 1.26 bits per heavy atom. The second-order valence-electron chi connectivity index (χ2n) is 5.98. The molecule has 1 aromatic carbocycles. The molecule has 1 atom stereocenters. The fraction of sp³-hybridized carbons (Fsp3) is 0.533. The molecule has 0 saturated carbocycles. The third-order valence-electron chi connectivity index (χ3n) is 3.99. The highest BCUT2D eigenvalue weighted by atomic mass is 35.5. The first kappa shape index (κ1) is 18.5. The van der Waals surface area contributed by atoms with Crippen LogP contribution in [0.25, 0.3) is 0 Å². The second-order valence-corrected chi connectivity index (χ2v) is 9.03. The highest BCUT2D eigenvalue weighted by molar-refractivity contribution is 7.91. The average Bonchev–Trinajstić information content (AvgIpc) is 2.82. The number of carbonyl (C=O) groups is 1. The molecular weight excluding hydrogens is 359 g/mol. The summed E-state index contributed by atoms with van der Waals surface area (Å²) in [7, 11) is 0.506. The van der Waals surface area contributed by atoms with Crippen molar-refractivity contribution in [3.05, 3.63) is 33.8 Å². The van der Waals surface area contributed by atoms with E-state index in [0.717, 1.165) is 5.56 Å². The third-order valence-corrected chi connectivity index (χ3v) is 6.48. The number of halogens is 2. The van der Waals surface area contributed by atoms with E-state index < -0.39 is 9.84 Å². The normalized spacial score (nSPS) is 20.0. The molecule has 5 nitrogen and oxygen atoms in total. The minimum absolute atomic E-state index is 0.0613. The van der Waals surface area contributed by atoms with Crippen molar-refractivity contribution in [3.63, 3.8) is 0 Å². The molecule has 1 aromatic rings. The van der Waals surface area contributed by atoms with E-state index in [1.54, 1.807) is 24.1 Å². The summed E-state index contributed by atoms with van der Waals surface area (Å²) in [5, 5.41) is 0.980. The first-order chi connectivity index (χ1) is 10.7. The van der Waals surface area contributed by atoms with Gasteiger partial charge in [-0.2, -0.15) is 0 Å². The van der Waals surface area contributed by atoms with Gasteiger partial charge in [0.1, 0.15) is 0 Å². The van der Waals surface area contributed by atoms with Crippen molar-refractivity contribution < 1.29 is 13.2 Å². The molecule has 1 heterocycles. The molecule has 0 bridgehead atoms. The fourth-order valence-corrected chi connectivity index (χ4v) is 4.73. The summed E-state index contributed by atoms with van der Waals surface area (Å²) >= 11 is 11.9. The number of sulfone groups is 1. The maximum atomic E-state index is 12.3. The van der Waals surface area contributed by atoms with Crippen LogP contribution in [0.1, 0.15) is 12.0 Å². The topological polar surface area (TPSA) is 57.7 Å². The Labute approximate surface area is 147 Å². The molecule has 1 amide bonds. The third kappa shape index (κ3) is 5.08. The monoisotopic (exact) mass is 378 g/mol. The summed E-state index contributed by atoms with van der Waals surface area (Å²) in [5.41, 5.74) is 0.959. The summed E-state index contributed by atoms with van der Waals surface area (Å²) in [6.45, 7) is 0.771. The first-order valence-corrected chi connectivity index (χ1v) is 9.84. The maximum Gasteiger partial charge on any atom is 0.236 e. The molecule has 128 valence electrons. The minimum atomic E-state index is -2.99. The average molecular weight is 379 g/mol. The Balaban J connectivity index is 1.90. The van der Waals surface area contributed by atoms with Crippen molar-refractivity contribution in [3.8, 4) is 0 Å². The van der Waals surface area contributed by atoms with Crippen molar-refractivity contribution in [2.45, 2.75) is 19.0 Å². The Morgan fingerprint density at radius 2 is 1.96 bits per heavy atom. The van der Waals surface area contributed by atoms with Crippen molar-refractivity contribution in [2.24, 2.45) is 0 Å². The lowest BCUT2D eigenvalue weighted by atomic mass is 10.2. The SMILES string of the molecule is CN(CC(=O)N(C)[C@@H]1CCS(=O)(=O)C1)Cc1ccc(Cl)c(Cl)c1. The van der Waals surface area contributed by atoms with E-state index in [4.69, 9.17) is 23.2 Å². The predicted octanol–water partition coefficient (Wildman–Crippen LogP) is 2.07. The van der Waals surface area contributed by atoms with Crippen molar-refractivity contribution in [1.29, 1.82) is 0 Å². The van der Waals surface area contributed by atoms with Gasteiger partial charge >= 0.3 is 0 Å². The number of nitrogens with zero attached hydrogens (tertiary/aromatic N) is 2. The Morgan fingerprint density at radius 3 is 2.52 bits per heavy atom. The van der Waals surface area contributed by atoms with Crippen LogP contribution in [0, 0.1) is 0 Å². The molecule has 0 N–H and O–H groups in total.